The topological polar surface area (TPSA) is 52.7 Å². The molecular formula is C22H25N3O2. The maximum absolute atomic E-state index is 12.9. The Morgan fingerprint density at radius 2 is 1.93 bits per heavy atom. The normalized spacial score (nSPS) is 19.2. The van der Waals surface area contributed by atoms with Gasteiger partial charge in [-0.15, -0.1) is 0 Å². The Hall–Kier alpha value is -2.82. The number of anilines is 2. The third-order valence-electron chi connectivity index (χ3n) is 5.61. The number of carbonyl (C=O) groups is 2. The Bertz CT molecular complexity index is 893. The molecule has 27 heavy (non-hydrogen) atoms. The van der Waals surface area contributed by atoms with E-state index in [2.05, 4.69) is 18.3 Å². The van der Waals surface area contributed by atoms with Gasteiger partial charge in [-0.05, 0) is 61.6 Å². The number of urea groups is 1. The number of fused-ring (bicyclic) bond motifs is 1. The molecule has 0 aromatic heterocycles. The summed E-state index contributed by atoms with van der Waals surface area (Å²) in [5.41, 5.74) is 5.47. The van der Waals surface area contributed by atoms with Crippen LogP contribution in [0.4, 0.5) is 16.2 Å². The van der Waals surface area contributed by atoms with Crippen LogP contribution < -0.4 is 15.1 Å². The number of hydrogen-bond donors (Lipinski definition) is 1. The molecule has 0 saturated carbocycles. The third-order valence-corrected chi connectivity index (χ3v) is 5.61. The zero-order chi connectivity index (χ0) is 19.0. The summed E-state index contributed by atoms with van der Waals surface area (Å²) in [4.78, 5) is 28.9. The van der Waals surface area contributed by atoms with Crippen molar-refractivity contribution in [2.24, 2.45) is 0 Å². The molecule has 1 saturated heterocycles. The summed E-state index contributed by atoms with van der Waals surface area (Å²) in [6.07, 6.45) is 2.30. The lowest BCUT2D eigenvalue weighted by atomic mass is 10.0. The van der Waals surface area contributed by atoms with Crippen molar-refractivity contribution in [3.05, 3.63) is 59.2 Å². The first kappa shape index (κ1) is 17.6. The summed E-state index contributed by atoms with van der Waals surface area (Å²) in [7, 11) is 0. The molecule has 0 bridgehead atoms. The number of carbonyl (C=O) groups excluding carboxylic acids is 2. The molecule has 3 amide bonds. The monoisotopic (exact) mass is 363 g/mol. The van der Waals surface area contributed by atoms with Crippen molar-refractivity contribution >= 4 is 23.3 Å². The third kappa shape index (κ3) is 3.42. The standard InChI is InChI=1S/C22H25N3O2/c1-15-9-10-19(12-16(15)2)25-14-18(13-21(25)26)23-22(27)24-11-5-7-17-6-3-4-8-20(17)24/h3-4,6,8-10,12,18H,5,7,11,13-14H2,1-2H3,(H,23,27). The van der Waals surface area contributed by atoms with Gasteiger partial charge in [0.25, 0.3) is 0 Å². The van der Waals surface area contributed by atoms with Gasteiger partial charge in [-0.2, -0.15) is 0 Å². The highest BCUT2D eigenvalue weighted by molar-refractivity contribution is 5.98. The van der Waals surface area contributed by atoms with Crippen molar-refractivity contribution in [1.29, 1.82) is 0 Å². The second-order valence-electron chi connectivity index (χ2n) is 7.51. The van der Waals surface area contributed by atoms with Gasteiger partial charge in [0.1, 0.15) is 0 Å². The van der Waals surface area contributed by atoms with E-state index in [1.54, 1.807) is 4.90 Å². The van der Waals surface area contributed by atoms with Crippen molar-refractivity contribution in [2.75, 3.05) is 22.9 Å². The molecule has 2 aliphatic heterocycles. The molecule has 2 aromatic carbocycles. The van der Waals surface area contributed by atoms with E-state index in [1.165, 1.54) is 11.1 Å². The van der Waals surface area contributed by atoms with E-state index in [1.807, 2.05) is 48.2 Å². The van der Waals surface area contributed by atoms with E-state index in [4.69, 9.17) is 0 Å². The summed E-state index contributed by atoms with van der Waals surface area (Å²) < 4.78 is 0. The maximum atomic E-state index is 12.9. The Kier molecular flexibility index (Phi) is 4.60. The molecule has 2 aliphatic rings. The van der Waals surface area contributed by atoms with Crippen molar-refractivity contribution < 1.29 is 9.59 Å². The smallest absolute Gasteiger partial charge is 0.322 e. The molecule has 0 spiro atoms. The van der Waals surface area contributed by atoms with E-state index in [0.717, 1.165) is 29.8 Å². The van der Waals surface area contributed by atoms with Crippen molar-refractivity contribution in [3.8, 4) is 0 Å². The van der Waals surface area contributed by atoms with Crippen LogP contribution in [0.3, 0.4) is 0 Å². The Morgan fingerprint density at radius 1 is 1.11 bits per heavy atom. The van der Waals surface area contributed by atoms with E-state index in [0.29, 0.717) is 19.5 Å². The molecule has 140 valence electrons. The summed E-state index contributed by atoms with van der Waals surface area (Å²) in [6.45, 7) is 5.34. The molecule has 1 atom stereocenters. The fraction of sp³-hybridized carbons (Fsp3) is 0.364. The molecule has 1 N–H and O–H groups in total. The molecule has 5 nitrogen and oxygen atoms in total. The van der Waals surface area contributed by atoms with Crippen LogP contribution in [0.15, 0.2) is 42.5 Å². The largest absolute Gasteiger partial charge is 0.333 e. The van der Waals surface area contributed by atoms with E-state index in [9.17, 15) is 9.59 Å². The van der Waals surface area contributed by atoms with Gasteiger partial charge in [0.05, 0.1) is 6.04 Å². The average Bonchev–Trinajstić information content (AvgIpc) is 3.03. The van der Waals surface area contributed by atoms with Gasteiger partial charge in [0.2, 0.25) is 5.91 Å². The van der Waals surface area contributed by atoms with Crippen LogP contribution in [0.1, 0.15) is 29.5 Å². The SMILES string of the molecule is Cc1ccc(N2CC(NC(=O)N3CCCc4ccccc43)CC2=O)cc1C. The van der Waals surface area contributed by atoms with Crippen LogP contribution in [-0.4, -0.2) is 31.1 Å². The number of amides is 3. The number of hydrogen-bond acceptors (Lipinski definition) is 2. The summed E-state index contributed by atoms with van der Waals surface area (Å²) >= 11 is 0. The highest BCUT2D eigenvalue weighted by Gasteiger charge is 2.33. The Morgan fingerprint density at radius 3 is 2.74 bits per heavy atom. The Balaban J connectivity index is 1.46. The fourth-order valence-electron chi connectivity index (χ4n) is 3.94. The average molecular weight is 363 g/mol. The van der Waals surface area contributed by atoms with Crippen LogP contribution in [-0.2, 0) is 11.2 Å². The van der Waals surface area contributed by atoms with Gasteiger partial charge in [-0.25, -0.2) is 4.79 Å². The van der Waals surface area contributed by atoms with Gasteiger partial charge in [0.15, 0.2) is 0 Å². The quantitative estimate of drug-likeness (QED) is 0.887. The second-order valence-corrected chi connectivity index (χ2v) is 7.51. The lowest BCUT2D eigenvalue weighted by Gasteiger charge is -2.30. The van der Waals surface area contributed by atoms with Gasteiger partial charge in [0, 0.05) is 30.9 Å². The number of benzene rings is 2. The molecule has 1 fully saturated rings. The highest BCUT2D eigenvalue weighted by Crippen LogP contribution is 2.28. The van der Waals surface area contributed by atoms with Crippen molar-refractivity contribution in [2.45, 2.75) is 39.2 Å². The number of aryl methyl sites for hydroxylation is 3. The number of para-hydroxylation sites is 1. The molecule has 0 radical (unpaired) electrons. The Labute approximate surface area is 160 Å². The van der Waals surface area contributed by atoms with Crippen LogP contribution in [0.2, 0.25) is 0 Å². The summed E-state index contributed by atoms with van der Waals surface area (Å²) in [5, 5.41) is 3.07. The number of nitrogens with zero attached hydrogens (tertiary/aromatic N) is 2. The van der Waals surface area contributed by atoms with Crippen molar-refractivity contribution in [1.82, 2.24) is 5.32 Å². The first-order valence-corrected chi connectivity index (χ1v) is 9.56. The number of nitrogens with one attached hydrogen (secondary N) is 1. The van der Waals surface area contributed by atoms with Gasteiger partial charge in [-0.1, -0.05) is 24.3 Å². The van der Waals surface area contributed by atoms with E-state index in [-0.39, 0.29) is 18.0 Å². The van der Waals surface area contributed by atoms with E-state index < -0.39 is 0 Å². The summed E-state index contributed by atoms with van der Waals surface area (Å²) in [5.74, 6) is 0.0580. The molecular weight excluding hydrogens is 338 g/mol. The second kappa shape index (κ2) is 7.06. The lowest BCUT2D eigenvalue weighted by Crippen LogP contribution is -2.47. The van der Waals surface area contributed by atoms with Crippen molar-refractivity contribution in [3.63, 3.8) is 0 Å². The maximum Gasteiger partial charge on any atom is 0.322 e. The van der Waals surface area contributed by atoms with E-state index >= 15 is 0 Å². The molecule has 2 heterocycles. The molecule has 5 heteroatoms. The fourth-order valence-corrected chi connectivity index (χ4v) is 3.94. The first-order valence-electron chi connectivity index (χ1n) is 9.56. The summed E-state index contributed by atoms with van der Waals surface area (Å²) in [6, 6.07) is 13.8. The zero-order valence-corrected chi connectivity index (χ0v) is 15.9. The van der Waals surface area contributed by atoms with Crippen LogP contribution >= 0.6 is 0 Å². The number of rotatable bonds is 2. The minimum Gasteiger partial charge on any atom is -0.333 e. The molecule has 4 rings (SSSR count). The van der Waals surface area contributed by atoms with Crippen LogP contribution in [0, 0.1) is 13.8 Å². The minimum absolute atomic E-state index is 0.0580. The molecule has 2 aromatic rings. The van der Waals surface area contributed by atoms with Gasteiger partial charge < -0.3 is 10.2 Å². The highest BCUT2D eigenvalue weighted by atomic mass is 16.2. The predicted molar refractivity (Wildman–Crippen MR) is 107 cm³/mol. The minimum atomic E-state index is -0.166. The predicted octanol–water partition coefficient (Wildman–Crippen LogP) is 3.57. The molecule has 0 aliphatic carbocycles. The first-order chi connectivity index (χ1) is 13.0. The zero-order valence-electron chi connectivity index (χ0n) is 15.9. The van der Waals surface area contributed by atoms with Gasteiger partial charge >= 0.3 is 6.03 Å². The van der Waals surface area contributed by atoms with Gasteiger partial charge in [-0.3, -0.25) is 9.69 Å². The molecule has 1 unspecified atom stereocenters. The van der Waals surface area contributed by atoms with Crippen LogP contribution in [0.25, 0.3) is 0 Å². The lowest BCUT2D eigenvalue weighted by molar-refractivity contribution is -0.117. The van der Waals surface area contributed by atoms with Crippen LogP contribution in [0.5, 0.6) is 0 Å².